The van der Waals surface area contributed by atoms with Crippen molar-refractivity contribution in [2.45, 2.75) is 45.4 Å². The van der Waals surface area contributed by atoms with Gasteiger partial charge in [0.15, 0.2) is 0 Å². The van der Waals surface area contributed by atoms with Crippen molar-refractivity contribution in [2.75, 3.05) is 0 Å². The first-order valence-electron chi connectivity index (χ1n) is 6.17. The molecule has 0 aliphatic rings. The molecular formula is C15H22Br2. The SMILES string of the molecule is CC(CC(Br)Cc1cccc(Br)c1)C(C)(C)C. The Labute approximate surface area is 122 Å². The second kappa shape index (κ2) is 6.38. The topological polar surface area (TPSA) is 0 Å². The van der Waals surface area contributed by atoms with Crippen LogP contribution in [0.15, 0.2) is 28.7 Å². The molecule has 1 rings (SSSR count). The average Bonchev–Trinajstić information content (AvgIpc) is 2.15. The minimum Gasteiger partial charge on any atom is -0.0887 e. The average molecular weight is 362 g/mol. The molecule has 0 saturated heterocycles. The first-order chi connectivity index (χ1) is 7.79. The molecule has 96 valence electrons. The lowest BCUT2D eigenvalue weighted by Crippen LogP contribution is -2.21. The highest BCUT2D eigenvalue weighted by molar-refractivity contribution is 9.10. The van der Waals surface area contributed by atoms with Gasteiger partial charge in [0.05, 0.1) is 0 Å². The quantitative estimate of drug-likeness (QED) is 0.592. The maximum Gasteiger partial charge on any atom is 0.0188 e. The third-order valence-corrected chi connectivity index (χ3v) is 4.62. The lowest BCUT2D eigenvalue weighted by molar-refractivity contribution is 0.246. The number of rotatable bonds is 4. The van der Waals surface area contributed by atoms with Crippen LogP contribution in [-0.2, 0) is 6.42 Å². The molecule has 0 aliphatic carbocycles. The molecule has 0 aliphatic heterocycles. The minimum atomic E-state index is 0.392. The minimum absolute atomic E-state index is 0.392. The van der Waals surface area contributed by atoms with Crippen molar-refractivity contribution in [2.24, 2.45) is 11.3 Å². The van der Waals surface area contributed by atoms with Crippen LogP contribution in [0.4, 0.5) is 0 Å². The third-order valence-electron chi connectivity index (χ3n) is 3.43. The van der Waals surface area contributed by atoms with Gasteiger partial charge in [0, 0.05) is 9.30 Å². The molecule has 2 atom stereocenters. The van der Waals surface area contributed by atoms with Crippen LogP contribution in [0.1, 0.15) is 39.7 Å². The van der Waals surface area contributed by atoms with Crippen LogP contribution in [0.3, 0.4) is 0 Å². The molecule has 0 nitrogen and oxygen atoms in total. The Hall–Kier alpha value is 0.180. The van der Waals surface area contributed by atoms with Crippen molar-refractivity contribution in [1.82, 2.24) is 0 Å². The molecule has 0 amide bonds. The molecule has 0 fully saturated rings. The fourth-order valence-corrected chi connectivity index (χ4v) is 3.12. The monoisotopic (exact) mass is 360 g/mol. The molecule has 0 bridgehead atoms. The summed E-state index contributed by atoms with van der Waals surface area (Å²) in [7, 11) is 0. The lowest BCUT2D eigenvalue weighted by Gasteiger charge is -2.29. The Morgan fingerprint density at radius 1 is 1.24 bits per heavy atom. The van der Waals surface area contributed by atoms with Crippen LogP contribution < -0.4 is 0 Å². The van der Waals surface area contributed by atoms with Crippen molar-refractivity contribution < 1.29 is 0 Å². The number of benzene rings is 1. The van der Waals surface area contributed by atoms with Crippen LogP contribution in [0.5, 0.6) is 0 Å². The zero-order valence-electron chi connectivity index (χ0n) is 11.1. The van der Waals surface area contributed by atoms with Crippen molar-refractivity contribution in [3.05, 3.63) is 34.3 Å². The van der Waals surface area contributed by atoms with Gasteiger partial charge in [-0.25, -0.2) is 0 Å². The van der Waals surface area contributed by atoms with Crippen LogP contribution in [0, 0.1) is 11.3 Å². The summed E-state index contributed by atoms with van der Waals surface area (Å²) in [5.74, 6) is 0.721. The van der Waals surface area contributed by atoms with E-state index in [1.54, 1.807) is 0 Å². The van der Waals surface area contributed by atoms with Gasteiger partial charge in [-0.15, -0.1) is 0 Å². The Kier molecular flexibility index (Phi) is 5.72. The molecule has 17 heavy (non-hydrogen) atoms. The number of hydrogen-bond donors (Lipinski definition) is 0. The van der Waals surface area contributed by atoms with Gasteiger partial charge in [0.1, 0.15) is 0 Å². The summed E-state index contributed by atoms with van der Waals surface area (Å²) >= 11 is 7.34. The highest BCUT2D eigenvalue weighted by Crippen LogP contribution is 2.31. The van der Waals surface area contributed by atoms with Gasteiger partial charge < -0.3 is 0 Å². The van der Waals surface area contributed by atoms with Gasteiger partial charge in [0.2, 0.25) is 0 Å². The predicted molar refractivity (Wildman–Crippen MR) is 83.8 cm³/mol. The standard InChI is InChI=1S/C15H22Br2/c1-11(15(2,3)4)8-14(17)10-12-6-5-7-13(16)9-12/h5-7,9,11,14H,8,10H2,1-4H3. The number of hydrogen-bond acceptors (Lipinski definition) is 0. The first-order valence-corrected chi connectivity index (χ1v) is 7.88. The zero-order valence-corrected chi connectivity index (χ0v) is 14.3. The summed E-state index contributed by atoms with van der Waals surface area (Å²) in [5.41, 5.74) is 1.78. The van der Waals surface area contributed by atoms with E-state index in [4.69, 9.17) is 0 Å². The molecule has 2 unspecified atom stereocenters. The molecule has 0 N–H and O–H groups in total. The Bertz CT molecular complexity index is 352. The summed E-state index contributed by atoms with van der Waals surface area (Å²) in [4.78, 5) is 0.561. The van der Waals surface area contributed by atoms with E-state index in [2.05, 4.69) is 83.8 Å². The predicted octanol–water partition coefficient (Wildman–Crippen LogP) is 5.83. The van der Waals surface area contributed by atoms with Crippen molar-refractivity contribution in [3.8, 4) is 0 Å². The molecule has 0 aromatic heterocycles. The molecule has 0 saturated carbocycles. The van der Waals surface area contributed by atoms with Gasteiger partial charge in [-0.3, -0.25) is 0 Å². The smallest absolute Gasteiger partial charge is 0.0188 e. The normalized spacial score (nSPS) is 15.6. The van der Waals surface area contributed by atoms with E-state index in [0.29, 0.717) is 10.2 Å². The molecule has 1 aromatic rings. The zero-order chi connectivity index (χ0) is 13.1. The molecule has 0 heterocycles. The summed E-state index contributed by atoms with van der Waals surface area (Å²) in [6.45, 7) is 9.29. The van der Waals surface area contributed by atoms with E-state index in [-0.39, 0.29) is 0 Å². The first kappa shape index (κ1) is 15.2. The Balaban J connectivity index is 2.53. The largest absolute Gasteiger partial charge is 0.0887 e. The van der Waals surface area contributed by atoms with Crippen LogP contribution >= 0.6 is 31.9 Å². The van der Waals surface area contributed by atoms with Crippen LogP contribution in [0.2, 0.25) is 0 Å². The van der Waals surface area contributed by atoms with Crippen LogP contribution in [-0.4, -0.2) is 4.83 Å². The summed E-state index contributed by atoms with van der Waals surface area (Å²) in [6, 6.07) is 8.58. The fraction of sp³-hybridized carbons (Fsp3) is 0.600. The van der Waals surface area contributed by atoms with Crippen molar-refractivity contribution >= 4 is 31.9 Å². The van der Waals surface area contributed by atoms with E-state index in [1.807, 2.05) is 0 Å². The van der Waals surface area contributed by atoms with Crippen molar-refractivity contribution in [1.29, 1.82) is 0 Å². The van der Waals surface area contributed by atoms with Crippen LogP contribution in [0.25, 0.3) is 0 Å². The molecular weight excluding hydrogens is 340 g/mol. The van der Waals surface area contributed by atoms with Gasteiger partial charge >= 0.3 is 0 Å². The fourth-order valence-electron chi connectivity index (χ4n) is 1.74. The van der Waals surface area contributed by atoms with Crippen molar-refractivity contribution in [3.63, 3.8) is 0 Å². The molecule has 0 spiro atoms. The second-order valence-electron chi connectivity index (χ2n) is 5.93. The summed E-state index contributed by atoms with van der Waals surface area (Å²) < 4.78 is 1.17. The lowest BCUT2D eigenvalue weighted by atomic mass is 9.79. The number of alkyl halides is 1. The highest BCUT2D eigenvalue weighted by atomic mass is 79.9. The third kappa shape index (κ3) is 5.56. The Morgan fingerprint density at radius 2 is 1.88 bits per heavy atom. The van der Waals surface area contributed by atoms with E-state index in [9.17, 15) is 0 Å². The molecule has 1 aromatic carbocycles. The van der Waals surface area contributed by atoms with E-state index in [0.717, 1.165) is 12.3 Å². The van der Waals surface area contributed by atoms with Gasteiger partial charge in [-0.1, -0.05) is 71.7 Å². The van der Waals surface area contributed by atoms with Gasteiger partial charge in [-0.05, 0) is 41.9 Å². The van der Waals surface area contributed by atoms with Gasteiger partial charge in [-0.2, -0.15) is 0 Å². The number of halogens is 2. The van der Waals surface area contributed by atoms with E-state index in [1.165, 1.54) is 16.5 Å². The molecule has 2 heteroatoms. The van der Waals surface area contributed by atoms with E-state index >= 15 is 0 Å². The maximum absolute atomic E-state index is 3.82. The maximum atomic E-state index is 3.82. The summed E-state index contributed by atoms with van der Waals surface area (Å²) in [6.07, 6.45) is 2.32. The second-order valence-corrected chi connectivity index (χ2v) is 8.14. The van der Waals surface area contributed by atoms with E-state index < -0.39 is 0 Å². The Morgan fingerprint density at radius 3 is 2.41 bits per heavy atom. The highest BCUT2D eigenvalue weighted by Gasteiger charge is 2.22. The summed E-state index contributed by atoms with van der Waals surface area (Å²) in [5, 5.41) is 0. The molecule has 0 radical (unpaired) electrons. The van der Waals surface area contributed by atoms with Gasteiger partial charge in [0.25, 0.3) is 0 Å².